The van der Waals surface area contributed by atoms with Gasteiger partial charge < -0.3 is 15.5 Å². The summed E-state index contributed by atoms with van der Waals surface area (Å²) in [5, 5.41) is 6.48. The lowest BCUT2D eigenvalue weighted by atomic mass is 10.0. The SMILES string of the molecule is CC(C)CNC(=O)c1ccc(N2CCN[C@@H](c3ccccc3)C2)nc1. The van der Waals surface area contributed by atoms with Gasteiger partial charge in [-0.25, -0.2) is 4.98 Å². The third kappa shape index (κ3) is 4.57. The van der Waals surface area contributed by atoms with Gasteiger partial charge in [-0.3, -0.25) is 4.79 Å². The standard InChI is InChI=1S/C20H26N4O/c1-15(2)12-23-20(25)17-8-9-19(22-13-17)24-11-10-21-18(14-24)16-6-4-3-5-7-16/h3-9,13,15,18,21H,10-12,14H2,1-2H3,(H,23,25)/t18-/m1/s1. The third-order valence-electron chi connectivity index (χ3n) is 4.38. The summed E-state index contributed by atoms with van der Waals surface area (Å²) in [6.07, 6.45) is 1.67. The Morgan fingerprint density at radius 2 is 2.08 bits per heavy atom. The summed E-state index contributed by atoms with van der Waals surface area (Å²) in [6.45, 7) is 7.53. The Kier molecular flexibility index (Phi) is 5.66. The zero-order valence-corrected chi connectivity index (χ0v) is 14.9. The normalized spacial score (nSPS) is 17.6. The second-order valence-corrected chi connectivity index (χ2v) is 6.87. The maximum atomic E-state index is 12.1. The van der Waals surface area contributed by atoms with E-state index in [1.54, 1.807) is 6.20 Å². The van der Waals surface area contributed by atoms with Gasteiger partial charge in [-0.2, -0.15) is 0 Å². The molecule has 1 aliphatic heterocycles. The van der Waals surface area contributed by atoms with Crippen molar-refractivity contribution < 1.29 is 4.79 Å². The molecule has 0 aliphatic carbocycles. The minimum atomic E-state index is -0.0600. The van der Waals surface area contributed by atoms with Crippen LogP contribution in [0.3, 0.4) is 0 Å². The molecule has 5 heteroatoms. The number of pyridine rings is 1. The average molecular weight is 338 g/mol. The first-order valence-electron chi connectivity index (χ1n) is 8.91. The number of benzene rings is 1. The van der Waals surface area contributed by atoms with Crippen molar-refractivity contribution in [2.75, 3.05) is 31.1 Å². The lowest BCUT2D eigenvalue weighted by Gasteiger charge is -2.34. The van der Waals surface area contributed by atoms with Crippen LogP contribution in [0.25, 0.3) is 0 Å². The molecule has 0 spiro atoms. The molecule has 0 radical (unpaired) electrons. The molecule has 132 valence electrons. The lowest BCUT2D eigenvalue weighted by Crippen LogP contribution is -2.46. The van der Waals surface area contributed by atoms with Crippen LogP contribution in [-0.2, 0) is 0 Å². The van der Waals surface area contributed by atoms with E-state index < -0.39 is 0 Å². The van der Waals surface area contributed by atoms with Crippen molar-refractivity contribution in [3.8, 4) is 0 Å². The number of amides is 1. The number of anilines is 1. The molecule has 2 heterocycles. The first-order chi connectivity index (χ1) is 12.1. The summed E-state index contributed by atoms with van der Waals surface area (Å²) in [4.78, 5) is 18.9. The highest BCUT2D eigenvalue weighted by Gasteiger charge is 2.21. The smallest absolute Gasteiger partial charge is 0.252 e. The molecular weight excluding hydrogens is 312 g/mol. The number of nitrogens with one attached hydrogen (secondary N) is 2. The van der Waals surface area contributed by atoms with Crippen LogP contribution in [-0.4, -0.2) is 37.1 Å². The molecule has 25 heavy (non-hydrogen) atoms. The molecule has 1 saturated heterocycles. The fourth-order valence-corrected chi connectivity index (χ4v) is 2.97. The van der Waals surface area contributed by atoms with Crippen molar-refractivity contribution in [2.24, 2.45) is 5.92 Å². The van der Waals surface area contributed by atoms with E-state index in [-0.39, 0.29) is 5.91 Å². The predicted molar refractivity (Wildman–Crippen MR) is 101 cm³/mol. The molecule has 0 saturated carbocycles. The summed E-state index contributed by atoms with van der Waals surface area (Å²) in [5.74, 6) is 1.30. The third-order valence-corrected chi connectivity index (χ3v) is 4.38. The second kappa shape index (κ2) is 8.12. The summed E-state index contributed by atoms with van der Waals surface area (Å²) in [7, 11) is 0. The van der Waals surface area contributed by atoms with Crippen LogP contribution in [0.2, 0.25) is 0 Å². The Bertz CT molecular complexity index is 685. The molecule has 2 aromatic rings. The van der Waals surface area contributed by atoms with E-state index in [9.17, 15) is 4.79 Å². The molecule has 3 rings (SSSR count). The van der Waals surface area contributed by atoms with Gasteiger partial charge in [0.1, 0.15) is 5.82 Å². The number of piperazine rings is 1. The van der Waals surface area contributed by atoms with Crippen molar-refractivity contribution in [3.63, 3.8) is 0 Å². The highest BCUT2D eigenvalue weighted by Crippen LogP contribution is 2.21. The molecule has 1 amide bonds. The summed E-state index contributed by atoms with van der Waals surface area (Å²) < 4.78 is 0. The van der Waals surface area contributed by atoms with Crippen LogP contribution in [0, 0.1) is 5.92 Å². The molecule has 5 nitrogen and oxygen atoms in total. The molecule has 1 aromatic carbocycles. The summed E-state index contributed by atoms with van der Waals surface area (Å²) in [5.41, 5.74) is 1.90. The molecule has 0 bridgehead atoms. The number of carbonyl (C=O) groups excluding carboxylic acids is 1. The Labute approximate surface area is 149 Å². The van der Waals surface area contributed by atoms with Gasteiger partial charge in [-0.15, -0.1) is 0 Å². The van der Waals surface area contributed by atoms with E-state index in [4.69, 9.17) is 0 Å². The predicted octanol–water partition coefficient (Wildman–Crippen LogP) is 2.62. The van der Waals surface area contributed by atoms with E-state index in [1.807, 2.05) is 18.2 Å². The van der Waals surface area contributed by atoms with E-state index in [0.717, 1.165) is 25.5 Å². The Morgan fingerprint density at radius 3 is 2.76 bits per heavy atom. The van der Waals surface area contributed by atoms with Gasteiger partial charge in [0, 0.05) is 38.4 Å². The number of hydrogen-bond donors (Lipinski definition) is 2. The lowest BCUT2D eigenvalue weighted by molar-refractivity contribution is 0.0948. The number of nitrogens with zero attached hydrogens (tertiary/aromatic N) is 2. The van der Waals surface area contributed by atoms with Gasteiger partial charge >= 0.3 is 0 Å². The molecule has 1 aromatic heterocycles. The van der Waals surface area contributed by atoms with Gasteiger partial charge in [-0.05, 0) is 23.6 Å². The minimum absolute atomic E-state index is 0.0600. The van der Waals surface area contributed by atoms with Gasteiger partial charge in [0.05, 0.1) is 5.56 Å². The number of rotatable bonds is 5. The van der Waals surface area contributed by atoms with E-state index >= 15 is 0 Å². The molecule has 2 N–H and O–H groups in total. The molecule has 1 aliphatic rings. The molecular formula is C20H26N4O. The maximum Gasteiger partial charge on any atom is 0.252 e. The van der Waals surface area contributed by atoms with Crippen LogP contribution in [0.5, 0.6) is 0 Å². The molecule has 0 unspecified atom stereocenters. The topological polar surface area (TPSA) is 57.3 Å². The van der Waals surface area contributed by atoms with Crippen molar-refractivity contribution in [3.05, 3.63) is 59.8 Å². The highest BCUT2D eigenvalue weighted by atomic mass is 16.1. The molecule has 1 atom stereocenters. The van der Waals surface area contributed by atoms with Crippen LogP contribution >= 0.6 is 0 Å². The van der Waals surface area contributed by atoms with Crippen LogP contribution in [0.1, 0.15) is 35.8 Å². The number of aromatic nitrogens is 1. The van der Waals surface area contributed by atoms with Crippen LogP contribution in [0.4, 0.5) is 5.82 Å². The summed E-state index contributed by atoms with van der Waals surface area (Å²) in [6, 6.07) is 14.6. The first-order valence-corrected chi connectivity index (χ1v) is 8.91. The zero-order valence-electron chi connectivity index (χ0n) is 14.9. The number of carbonyl (C=O) groups is 1. The van der Waals surface area contributed by atoms with Gasteiger partial charge in [0.25, 0.3) is 5.91 Å². The number of hydrogen-bond acceptors (Lipinski definition) is 4. The van der Waals surface area contributed by atoms with Crippen LogP contribution in [0.15, 0.2) is 48.7 Å². The van der Waals surface area contributed by atoms with Crippen LogP contribution < -0.4 is 15.5 Å². The summed E-state index contributed by atoms with van der Waals surface area (Å²) >= 11 is 0. The van der Waals surface area contributed by atoms with E-state index in [2.05, 4.69) is 58.6 Å². The quantitative estimate of drug-likeness (QED) is 0.880. The van der Waals surface area contributed by atoms with Crippen molar-refractivity contribution in [2.45, 2.75) is 19.9 Å². The van der Waals surface area contributed by atoms with Crippen molar-refractivity contribution in [1.29, 1.82) is 0 Å². The fraction of sp³-hybridized carbons (Fsp3) is 0.400. The molecule has 1 fully saturated rings. The maximum absolute atomic E-state index is 12.1. The highest BCUT2D eigenvalue weighted by molar-refractivity contribution is 5.94. The van der Waals surface area contributed by atoms with Crippen molar-refractivity contribution >= 4 is 11.7 Å². The monoisotopic (exact) mass is 338 g/mol. The van der Waals surface area contributed by atoms with Gasteiger partial charge in [0.2, 0.25) is 0 Å². The zero-order chi connectivity index (χ0) is 17.6. The van der Waals surface area contributed by atoms with Gasteiger partial charge in [0.15, 0.2) is 0 Å². The minimum Gasteiger partial charge on any atom is -0.353 e. The average Bonchev–Trinajstić information content (AvgIpc) is 2.67. The fourth-order valence-electron chi connectivity index (χ4n) is 2.97. The second-order valence-electron chi connectivity index (χ2n) is 6.87. The van der Waals surface area contributed by atoms with Gasteiger partial charge in [-0.1, -0.05) is 44.2 Å². The van der Waals surface area contributed by atoms with E-state index in [1.165, 1.54) is 5.56 Å². The largest absolute Gasteiger partial charge is 0.353 e. The Hall–Kier alpha value is -2.40. The Balaban J connectivity index is 1.64. The first kappa shape index (κ1) is 17.4. The van der Waals surface area contributed by atoms with Crippen molar-refractivity contribution in [1.82, 2.24) is 15.6 Å². The Morgan fingerprint density at radius 1 is 1.28 bits per heavy atom. The van der Waals surface area contributed by atoms with E-state index in [0.29, 0.717) is 24.1 Å².